The quantitative estimate of drug-likeness (QED) is 0.808. The van der Waals surface area contributed by atoms with Crippen LogP contribution in [0, 0.1) is 11.8 Å². The van der Waals surface area contributed by atoms with E-state index in [-0.39, 0.29) is 17.7 Å². The molecule has 2 amide bonds. The molecule has 1 aromatic rings. The molecule has 0 radical (unpaired) electrons. The number of rotatable bonds is 4. The van der Waals surface area contributed by atoms with Crippen molar-refractivity contribution < 1.29 is 14.3 Å². The highest BCUT2D eigenvalue weighted by atomic mass is 16.5. The lowest BCUT2D eigenvalue weighted by atomic mass is 10.2. The fraction of sp³-hybridized carbons (Fsp3) is 0.429. The van der Waals surface area contributed by atoms with Crippen LogP contribution in [-0.2, 0) is 4.79 Å². The Morgan fingerprint density at radius 3 is 2.42 bits per heavy atom. The molecule has 0 aromatic heterocycles. The van der Waals surface area contributed by atoms with Crippen molar-refractivity contribution in [3.8, 4) is 5.75 Å². The van der Waals surface area contributed by atoms with Crippen molar-refractivity contribution >= 4 is 11.8 Å². The van der Waals surface area contributed by atoms with Crippen molar-refractivity contribution in [1.82, 2.24) is 10.9 Å². The number of hydrogen-bond donors (Lipinski definition) is 2. The number of benzene rings is 1. The van der Waals surface area contributed by atoms with Crippen LogP contribution in [0.2, 0.25) is 0 Å². The van der Waals surface area contributed by atoms with E-state index in [1.807, 2.05) is 13.8 Å². The van der Waals surface area contributed by atoms with Crippen molar-refractivity contribution in [1.29, 1.82) is 0 Å². The van der Waals surface area contributed by atoms with Crippen LogP contribution in [0.4, 0.5) is 0 Å². The van der Waals surface area contributed by atoms with Gasteiger partial charge >= 0.3 is 0 Å². The summed E-state index contributed by atoms with van der Waals surface area (Å²) in [5, 5.41) is 0. The van der Waals surface area contributed by atoms with E-state index >= 15 is 0 Å². The summed E-state index contributed by atoms with van der Waals surface area (Å²) in [6.45, 7) is 4.49. The lowest BCUT2D eigenvalue weighted by Gasteiger charge is -2.08. The standard InChI is InChI=1S/C14H18N2O3/c1-3-19-11-6-4-10(5-7-11)13(17)15-16-14(18)12-8-9(12)2/h4-7,9,12H,3,8H2,1-2H3,(H,15,17)(H,16,18). The van der Waals surface area contributed by atoms with Crippen molar-refractivity contribution in [3.63, 3.8) is 0 Å². The van der Waals surface area contributed by atoms with E-state index in [4.69, 9.17) is 4.74 Å². The topological polar surface area (TPSA) is 67.4 Å². The third kappa shape index (κ3) is 3.47. The van der Waals surface area contributed by atoms with E-state index in [1.165, 1.54) is 0 Å². The maximum atomic E-state index is 11.8. The van der Waals surface area contributed by atoms with Crippen LogP contribution >= 0.6 is 0 Å². The minimum absolute atomic E-state index is 0.0423. The Bertz CT molecular complexity index is 470. The average Bonchev–Trinajstić information content (AvgIpc) is 3.14. The zero-order chi connectivity index (χ0) is 13.8. The SMILES string of the molecule is CCOc1ccc(C(=O)NNC(=O)C2CC2C)cc1. The summed E-state index contributed by atoms with van der Waals surface area (Å²) in [6.07, 6.45) is 0.894. The zero-order valence-corrected chi connectivity index (χ0v) is 11.1. The molecule has 5 heteroatoms. The molecule has 1 aromatic carbocycles. The number of hydrogen-bond acceptors (Lipinski definition) is 3. The van der Waals surface area contributed by atoms with Gasteiger partial charge in [0.2, 0.25) is 5.91 Å². The van der Waals surface area contributed by atoms with Gasteiger partial charge in [-0.2, -0.15) is 0 Å². The molecule has 2 unspecified atom stereocenters. The second-order valence-corrected chi connectivity index (χ2v) is 4.72. The maximum Gasteiger partial charge on any atom is 0.269 e. The van der Waals surface area contributed by atoms with E-state index < -0.39 is 0 Å². The summed E-state index contributed by atoms with van der Waals surface area (Å²) in [5.41, 5.74) is 5.34. The summed E-state index contributed by atoms with van der Waals surface area (Å²) >= 11 is 0. The van der Waals surface area contributed by atoms with Crippen molar-refractivity contribution in [3.05, 3.63) is 29.8 Å². The van der Waals surface area contributed by atoms with E-state index in [0.29, 0.717) is 18.1 Å². The lowest BCUT2D eigenvalue weighted by molar-refractivity contribution is -0.123. The van der Waals surface area contributed by atoms with E-state index in [2.05, 4.69) is 10.9 Å². The number of carbonyl (C=O) groups excluding carboxylic acids is 2. The normalized spacial score (nSPS) is 20.5. The van der Waals surface area contributed by atoms with Gasteiger partial charge in [0.05, 0.1) is 6.61 Å². The number of ether oxygens (including phenoxy) is 1. The van der Waals surface area contributed by atoms with Gasteiger partial charge in [0.15, 0.2) is 0 Å². The molecule has 2 N–H and O–H groups in total. The molecule has 0 aliphatic heterocycles. The molecule has 0 heterocycles. The summed E-state index contributed by atoms with van der Waals surface area (Å²) in [6, 6.07) is 6.77. The third-order valence-electron chi connectivity index (χ3n) is 3.17. The van der Waals surface area contributed by atoms with Crippen LogP contribution in [0.1, 0.15) is 30.6 Å². The Balaban J connectivity index is 1.83. The van der Waals surface area contributed by atoms with Crippen LogP contribution in [0.5, 0.6) is 5.75 Å². The monoisotopic (exact) mass is 262 g/mol. The fourth-order valence-corrected chi connectivity index (χ4v) is 1.84. The largest absolute Gasteiger partial charge is 0.494 e. The first-order chi connectivity index (χ1) is 9.11. The van der Waals surface area contributed by atoms with Gasteiger partial charge in [0.25, 0.3) is 5.91 Å². The second-order valence-electron chi connectivity index (χ2n) is 4.72. The van der Waals surface area contributed by atoms with Crippen LogP contribution < -0.4 is 15.6 Å². The molecule has 1 saturated carbocycles. The van der Waals surface area contributed by atoms with Gasteiger partial charge < -0.3 is 4.74 Å². The molecular weight excluding hydrogens is 244 g/mol. The minimum Gasteiger partial charge on any atom is -0.494 e. The highest BCUT2D eigenvalue weighted by molar-refractivity contribution is 5.95. The van der Waals surface area contributed by atoms with E-state index in [9.17, 15) is 9.59 Å². The molecule has 1 fully saturated rings. The molecule has 2 rings (SSSR count). The first-order valence-electron chi connectivity index (χ1n) is 6.45. The molecule has 5 nitrogen and oxygen atoms in total. The van der Waals surface area contributed by atoms with Gasteiger partial charge in [-0.05, 0) is 43.5 Å². The molecule has 102 valence electrons. The van der Waals surface area contributed by atoms with Crippen molar-refractivity contribution in [2.75, 3.05) is 6.61 Å². The van der Waals surface area contributed by atoms with Gasteiger partial charge in [-0.15, -0.1) is 0 Å². The maximum absolute atomic E-state index is 11.8. The second kappa shape index (κ2) is 5.73. The summed E-state index contributed by atoms with van der Waals surface area (Å²) in [5.74, 6) is 0.731. The summed E-state index contributed by atoms with van der Waals surface area (Å²) in [4.78, 5) is 23.3. The molecule has 1 aliphatic rings. The van der Waals surface area contributed by atoms with Crippen LogP contribution in [-0.4, -0.2) is 18.4 Å². The fourth-order valence-electron chi connectivity index (χ4n) is 1.84. The Kier molecular flexibility index (Phi) is 4.04. The van der Waals surface area contributed by atoms with Crippen molar-refractivity contribution in [2.45, 2.75) is 20.3 Å². The zero-order valence-electron chi connectivity index (χ0n) is 11.1. The Morgan fingerprint density at radius 2 is 1.89 bits per heavy atom. The molecule has 0 bridgehead atoms. The van der Waals surface area contributed by atoms with Gasteiger partial charge in [0.1, 0.15) is 5.75 Å². The molecular formula is C14H18N2O3. The van der Waals surface area contributed by atoms with Gasteiger partial charge in [-0.3, -0.25) is 20.4 Å². The number of amides is 2. The lowest BCUT2D eigenvalue weighted by Crippen LogP contribution is -2.42. The molecule has 1 aliphatic carbocycles. The summed E-state index contributed by atoms with van der Waals surface area (Å²) < 4.78 is 5.29. The van der Waals surface area contributed by atoms with Crippen molar-refractivity contribution in [2.24, 2.45) is 11.8 Å². The molecule has 0 saturated heterocycles. The third-order valence-corrected chi connectivity index (χ3v) is 3.17. The Hall–Kier alpha value is -2.04. The van der Waals surface area contributed by atoms with Crippen LogP contribution in [0.25, 0.3) is 0 Å². The number of hydrazine groups is 1. The molecule has 0 spiro atoms. The smallest absolute Gasteiger partial charge is 0.269 e. The predicted octanol–water partition coefficient (Wildman–Crippen LogP) is 1.50. The minimum atomic E-state index is -0.329. The van der Waals surface area contributed by atoms with Gasteiger partial charge in [-0.1, -0.05) is 6.92 Å². The van der Waals surface area contributed by atoms with Gasteiger partial charge in [-0.25, -0.2) is 0 Å². The predicted molar refractivity (Wildman–Crippen MR) is 70.5 cm³/mol. The first kappa shape index (κ1) is 13.4. The van der Waals surface area contributed by atoms with E-state index in [1.54, 1.807) is 24.3 Å². The summed E-state index contributed by atoms with van der Waals surface area (Å²) in [7, 11) is 0. The van der Waals surface area contributed by atoms with Crippen LogP contribution in [0.3, 0.4) is 0 Å². The van der Waals surface area contributed by atoms with E-state index in [0.717, 1.165) is 12.2 Å². The molecule has 2 atom stereocenters. The highest BCUT2D eigenvalue weighted by Crippen LogP contribution is 2.37. The average molecular weight is 262 g/mol. The first-order valence-corrected chi connectivity index (χ1v) is 6.45. The van der Waals surface area contributed by atoms with Crippen LogP contribution in [0.15, 0.2) is 24.3 Å². The molecule has 19 heavy (non-hydrogen) atoms. The number of carbonyl (C=O) groups is 2. The Morgan fingerprint density at radius 1 is 1.26 bits per heavy atom. The highest BCUT2D eigenvalue weighted by Gasteiger charge is 2.39. The van der Waals surface area contributed by atoms with Gasteiger partial charge in [0, 0.05) is 11.5 Å². The number of nitrogens with one attached hydrogen (secondary N) is 2. The Labute approximate surface area is 112 Å².